The molecule has 7 nitrogen and oxygen atoms in total. The molecule has 0 radical (unpaired) electrons. The third kappa shape index (κ3) is 2.52. The van der Waals surface area contributed by atoms with E-state index in [1.807, 2.05) is 0 Å². The molecule has 0 aromatic rings. The van der Waals surface area contributed by atoms with E-state index in [9.17, 15) is 0 Å². The van der Waals surface area contributed by atoms with E-state index >= 15 is 0 Å². The second-order valence-electron chi connectivity index (χ2n) is 3.20. The molecule has 0 aromatic heterocycles. The maximum absolute atomic E-state index is 8.20. The summed E-state index contributed by atoms with van der Waals surface area (Å²) in [6, 6.07) is 0. The van der Waals surface area contributed by atoms with Crippen LogP contribution in [0.3, 0.4) is 0 Å². The molecule has 0 spiro atoms. The summed E-state index contributed by atoms with van der Waals surface area (Å²) < 4.78 is 0. The Bertz CT molecular complexity index is 232. The number of nitrogens with one attached hydrogen (secondary N) is 1. The van der Waals surface area contributed by atoms with Gasteiger partial charge in [-0.1, -0.05) is 10.2 Å². The first-order valence-electron chi connectivity index (χ1n) is 4.05. The molecule has 0 amide bonds. The Morgan fingerprint density at radius 3 is 2.23 bits per heavy atom. The third-order valence-electron chi connectivity index (χ3n) is 2.27. The van der Waals surface area contributed by atoms with Crippen LogP contribution in [0.5, 0.6) is 0 Å². The molecule has 7 heteroatoms. The minimum Gasteiger partial charge on any atom is -0.316 e. The normalized spacial score (nSPS) is 26.2. The number of azide groups is 2. The van der Waals surface area contributed by atoms with Gasteiger partial charge in [-0.15, -0.1) is 0 Å². The summed E-state index contributed by atoms with van der Waals surface area (Å²) in [5.74, 6) is 0. The summed E-state index contributed by atoms with van der Waals surface area (Å²) in [5.41, 5.74) is 16.2. The molecular weight excluding hydrogens is 170 g/mol. The molecule has 0 aromatic carbocycles. The second-order valence-corrected chi connectivity index (χ2v) is 3.20. The number of rotatable bonds is 4. The molecule has 0 atom stereocenters. The molecule has 70 valence electrons. The van der Waals surface area contributed by atoms with Crippen molar-refractivity contribution in [2.75, 3.05) is 26.2 Å². The Labute approximate surface area is 75.4 Å². The first kappa shape index (κ1) is 9.67. The van der Waals surface area contributed by atoms with Gasteiger partial charge in [0, 0.05) is 29.5 Å². The van der Waals surface area contributed by atoms with Gasteiger partial charge in [-0.3, -0.25) is 0 Å². The van der Waals surface area contributed by atoms with Crippen molar-refractivity contribution in [1.29, 1.82) is 0 Å². The zero-order valence-corrected chi connectivity index (χ0v) is 7.22. The predicted molar refractivity (Wildman–Crippen MR) is 47.9 cm³/mol. The highest BCUT2D eigenvalue weighted by Crippen LogP contribution is 2.26. The van der Waals surface area contributed by atoms with Gasteiger partial charge in [-0.2, -0.15) is 0 Å². The monoisotopic (exact) mass is 181 g/mol. The van der Waals surface area contributed by atoms with Crippen LogP contribution in [0.15, 0.2) is 10.2 Å². The average molecular weight is 181 g/mol. The van der Waals surface area contributed by atoms with Gasteiger partial charge >= 0.3 is 0 Å². The Balaban J connectivity index is 2.61. The van der Waals surface area contributed by atoms with Crippen LogP contribution in [0.1, 0.15) is 6.42 Å². The summed E-state index contributed by atoms with van der Waals surface area (Å²) in [7, 11) is 0. The predicted octanol–water partition coefficient (Wildman–Crippen LogP) is 1.59. The highest BCUT2D eigenvalue weighted by Gasteiger charge is 2.32. The Morgan fingerprint density at radius 2 is 1.85 bits per heavy atom. The number of hydrogen-bond donors (Lipinski definition) is 1. The Morgan fingerprint density at radius 1 is 1.23 bits per heavy atom. The van der Waals surface area contributed by atoms with Crippen LogP contribution in [-0.2, 0) is 0 Å². The quantitative estimate of drug-likeness (QED) is 0.396. The van der Waals surface area contributed by atoms with Crippen LogP contribution in [-0.4, -0.2) is 26.2 Å². The van der Waals surface area contributed by atoms with Crippen LogP contribution in [0.4, 0.5) is 0 Å². The molecular formula is C6H11N7. The largest absolute Gasteiger partial charge is 0.316 e. The maximum Gasteiger partial charge on any atom is 0.0328 e. The molecule has 1 fully saturated rings. The summed E-state index contributed by atoms with van der Waals surface area (Å²) >= 11 is 0. The highest BCUT2D eigenvalue weighted by molar-refractivity contribution is 4.91. The van der Waals surface area contributed by atoms with Crippen LogP contribution in [0, 0.1) is 5.41 Å². The van der Waals surface area contributed by atoms with E-state index in [0.29, 0.717) is 13.1 Å². The van der Waals surface area contributed by atoms with Crippen LogP contribution in [0.25, 0.3) is 20.9 Å². The number of nitrogens with zero attached hydrogens (tertiary/aromatic N) is 6. The van der Waals surface area contributed by atoms with E-state index in [1.54, 1.807) is 0 Å². The lowest BCUT2D eigenvalue weighted by molar-refractivity contribution is 0.347. The molecule has 1 saturated heterocycles. The van der Waals surface area contributed by atoms with E-state index in [1.165, 1.54) is 0 Å². The average Bonchev–Trinajstić information content (AvgIpc) is 2.61. The zero-order chi connectivity index (χ0) is 9.57. The molecule has 13 heavy (non-hydrogen) atoms. The van der Waals surface area contributed by atoms with Gasteiger partial charge in [0.05, 0.1) is 0 Å². The molecule has 1 aliphatic heterocycles. The highest BCUT2D eigenvalue weighted by atomic mass is 15.2. The van der Waals surface area contributed by atoms with Gasteiger partial charge in [0.2, 0.25) is 0 Å². The van der Waals surface area contributed by atoms with Crippen molar-refractivity contribution in [1.82, 2.24) is 5.32 Å². The van der Waals surface area contributed by atoms with Gasteiger partial charge in [-0.25, -0.2) is 0 Å². The van der Waals surface area contributed by atoms with E-state index in [4.69, 9.17) is 11.1 Å². The van der Waals surface area contributed by atoms with E-state index in [-0.39, 0.29) is 5.41 Å². The van der Waals surface area contributed by atoms with E-state index in [0.717, 1.165) is 19.5 Å². The van der Waals surface area contributed by atoms with Crippen LogP contribution < -0.4 is 5.32 Å². The summed E-state index contributed by atoms with van der Waals surface area (Å²) in [6.07, 6.45) is 0.894. The van der Waals surface area contributed by atoms with Crippen molar-refractivity contribution in [2.24, 2.45) is 15.6 Å². The fourth-order valence-electron chi connectivity index (χ4n) is 1.48. The molecule has 1 aliphatic rings. The Hall–Kier alpha value is -1.42. The summed E-state index contributed by atoms with van der Waals surface area (Å²) in [5, 5.41) is 10.2. The molecule has 0 aliphatic carbocycles. The molecule has 0 saturated carbocycles. The molecule has 0 bridgehead atoms. The summed E-state index contributed by atoms with van der Waals surface area (Å²) in [4.78, 5) is 5.43. The lowest BCUT2D eigenvalue weighted by Gasteiger charge is -2.22. The maximum atomic E-state index is 8.20. The summed E-state index contributed by atoms with van der Waals surface area (Å²) in [6.45, 7) is 2.44. The first-order valence-corrected chi connectivity index (χ1v) is 4.05. The fraction of sp³-hybridized carbons (Fsp3) is 1.00. The van der Waals surface area contributed by atoms with Crippen LogP contribution >= 0.6 is 0 Å². The fourth-order valence-corrected chi connectivity index (χ4v) is 1.48. The zero-order valence-electron chi connectivity index (χ0n) is 7.22. The van der Waals surface area contributed by atoms with Crippen molar-refractivity contribution in [3.8, 4) is 0 Å². The van der Waals surface area contributed by atoms with Gasteiger partial charge in [0.15, 0.2) is 0 Å². The van der Waals surface area contributed by atoms with E-state index in [2.05, 4.69) is 25.4 Å². The van der Waals surface area contributed by atoms with Gasteiger partial charge < -0.3 is 5.32 Å². The lowest BCUT2D eigenvalue weighted by atomic mass is 9.87. The van der Waals surface area contributed by atoms with Crippen molar-refractivity contribution in [3.63, 3.8) is 0 Å². The molecule has 1 rings (SSSR count). The SMILES string of the molecule is [N-]=[N+]=NCC1(CN=[N+]=[N-])CCNC1. The van der Waals surface area contributed by atoms with Gasteiger partial charge in [0.1, 0.15) is 0 Å². The lowest BCUT2D eigenvalue weighted by Crippen LogP contribution is -2.30. The van der Waals surface area contributed by atoms with Gasteiger partial charge in [0.25, 0.3) is 0 Å². The van der Waals surface area contributed by atoms with Gasteiger partial charge in [-0.05, 0) is 29.4 Å². The molecule has 1 N–H and O–H groups in total. The third-order valence-corrected chi connectivity index (χ3v) is 2.27. The minimum atomic E-state index is -0.154. The van der Waals surface area contributed by atoms with Crippen molar-refractivity contribution < 1.29 is 0 Å². The molecule has 0 unspecified atom stereocenters. The molecule has 1 heterocycles. The van der Waals surface area contributed by atoms with Crippen molar-refractivity contribution in [2.45, 2.75) is 6.42 Å². The van der Waals surface area contributed by atoms with Crippen molar-refractivity contribution in [3.05, 3.63) is 20.9 Å². The minimum absolute atomic E-state index is 0.154. The smallest absolute Gasteiger partial charge is 0.0328 e. The topological polar surface area (TPSA) is 110 Å². The van der Waals surface area contributed by atoms with Crippen molar-refractivity contribution >= 4 is 0 Å². The second kappa shape index (κ2) is 4.57. The van der Waals surface area contributed by atoms with Crippen LogP contribution in [0.2, 0.25) is 0 Å². The standard InChI is InChI=1S/C6H11N7/c7-12-10-4-6(5-11-13-8)1-2-9-3-6/h9H,1-5H2. The number of hydrogen-bond acceptors (Lipinski definition) is 3. The Kier molecular flexibility index (Phi) is 3.40. The first-order chi connectivity index (χ1) is 6.33. The van der Waals surface area contributed by atoms with E-state index < -0.39 is 0 Å².